The minimum atomic E-state index is 0.0774. The van der Waals surface area contributed by atoms with Crippen LogP contribution in [0, 0.1) is 0 Å². The van der Waals surface area contributed by atoms with Gasteiger partial charge in [0.05, 0.1) is 14.2 Å². The Labute approximate surface area is 106 Å². The fourth-order valence-electron chi connectivity index (χ4n) is 3.16. The third-order valence-corrected chi connectivity index (χ3v) is 4.00. The summed E-state index contributed by atoms with van der Waals surface area (Å²) in [5, 5.41) is 10.1. The van der Waals surface area contributed by atoms with Gasteiger partial charge in [-0.25, -0.2) is 0 Å². The van der Waals surface area contributed by atoms with Gasteiger partial charge in [0.25, 0.3) is 0 Å². The van der Waals surface area contributed by atoms with E-state index in [1.807, 2.05) is 0 Å². The Hall–Kier alpha value is -1.58. The summed E-state index contributed by atoms with van der Waals surface area (Å²) >= 11 is 0. The predicted octanol–water partition coefficient (Wildman–Crippen LogP) is 2.83. The summed E-state index contributed by atoms with van der Waals surface area (Å²) in [7, 11) is 3.10. The van der Waals surface area contributed by atoms with Crippen molar-refractivity contribution in [1.29, 1.82) is 0 Å². The summed E-state index contributed by atoms with van der Waals surface area (Å²) in [6.45, 7) is 0. The molecule has 1 aliphatic carbocycles. The smallest absolute Gasteiger partial charge is 0.201 e. The van der Waals surface area contributed by atoms with Crippen molar-refractivity contribution in [3.8, 4) is 23.0 Å². The highest BCUT2D eigenvalue weighted by molar-refractivity contribution is 5.63. The van der Waals surface area contributed by atoms with Crippen molar-refractivity contribution in [3.63, 3.8) is 0 Å². The molecule has 3 rings (SSSR count). The normalized spacial score (nSPS) is 25.0. The van der Waals surface area contributed by atoms with Gasteiger partial charge in [-0.3, -0.25) is 0 Å². The molecule has 4 nitrogen and oxygen atoms in total. The van der Waals surface area contributed by atoms with Gasteiger partial charge in [0.15, 0.2) is 11.5 Å². The molecule has 98 valence electrons. The Bertz CT molecular complexity index is 469. The molecule has 0 unspecified atom stereocenters. The molecule has 0 amide bonds. The first-order chi connectivity index (χ1) is 8.76. The maximum absolute atomic E-state index is 10.1. The van der Waals surface area contributed by atoms with Gasteiger partial charge in [-0.1, -0.05) is 6.42 Å². The van der Waals surface area contributed by atoms with Crippen LogP contribution in [0.2, 0.25) is 0 Å². The molecule has 0 aromatic heterocycles. The first-order valence-corrected chi connectivity index (χ1v) is 6.40. The Morgan fingerprint density at radius 2 is 2.00 bits per heavy atom. The van der Waals surface area contributed by atoms with Crippen LogP contribution in [-0.2, 0) is 0 Å². The highest BCUT2D eigenvalue weighted by Gasteiger charge is 2.40. The number of phenols is 1. The second-order valence-corrected chi connectivity index (χ2v) is 4.92. The van der Waals surface area contributed by atoms with Gasteiger partial charge in [-0.15, -0.1) is 0 Å². The van der Waals surface area contributed by atoms with Crippen LogP contribution in [0.1, 0.15) is 37.2 Å². The van der Waals surface area contributed by atoms with Gasteiger partial charge >= 0.3 is 0 Å². The molecule has 0 spiro atoms. The van der Waals surface area contributed by atoms with Gasteiger partial charge in [0.1, 0.15) is 11.9 Å². The standard InChI is InChI=1S/C14H18O4/c1-16-11-7-10-12(14(17-2)13(11)15)8-5-3-4-6-9(8)18-10/h7-9,15H,3-6H2,1-2H3/t8-,9+/m1/s1. The van der Waals surface area contributed by atoms with Crippen LogP contribution in [-0.4, -0.2) is 25.4 Å². The van der Waals surface area contributed by atoms with Crippen molar-refractivity contribution in [3.05, 3.63) is 11.6 Å². The van der Waals surface area contributed by atoms with Crippen LogP contribution in [0.25, 0.3) is 0 Å². The molecule has 2 aliphatic rings. The Morgan fingerprint density at radius 3 is 2.72 bits per heavy atom. The van der Waals surface area contributed by atoms with E-state index in [1.165, 1.54) is 20.0 Å². The zero-order valence-electron chi connectivity index (χ0n) is 10.7. The fraction of sp³-hybridized carbons (Fsp3) is 0.571. The molecule has 4 heteroatoms. The van der Waals surface area contributed by atoms with Crippen molar-refractivity contribution in [2.75, 3.05) is 14.2 Å². The van der Waals surface area contributed by atoms with Crippen LogP contribution in [0.3, 0.4) is 0 Å². The fourth-order valence-corrected chi connectivity index (χ4v) is 3.16. The molecule has 0 bridgehead atoms. The molecular weight excluding hydrogens is 232 g/mol. The molecule has 18 heavy (non-hydrogen) atoms. The van der Waals surface area contributed by atoms with Crippen molar-refractivity contribution in [1.82, 2.24) is 0 Å². The number of hydrogen-bond acceptors (Lipinski definition) is 4. The van der Waals surface area contributed by atoms with E-state index >= 15 is 0 Å². The van der Waals surface area contributed by atoms with E-state index < -0.39 is 0 Å². The lowest BCUT2D eigenvalue weighted by atomic mass is 9.83. The predicted molar refractivity (Wildman–Crippen MR) is 66.8 cm³/mol. The van der Waals surface area contributed by atoms with Gasteiger partial charge in [-0.05, 0) is 19.3 Å². The summed E-state index contributed by atoms with van der Waals surface area (Å²) in [6.07, 6.45) is 4.82. The average molecular weight is 250 g/mol. The molecule has 1 aromatic carbocycles. The topological polar surface area (TPSA) is 47.9 Å². The minimum absolute atomic E-state index is 0.0774. The van der Waals surface area contributed by atoms with E-state index in [0.29, 0.717) is 17.4 Å². The van der Waals surface area contributed by atoms with E-state index in [9.17, 15) is 5.11 Å². The summed E-state index contributed by atoms with van der Waals surface area (Å²) in [5.41, 5.74) is 1.01. The lowest BCUT2D eigenvalue weighted by Crippen LogP contribution is -2.22. The van der Waals surface area contributed by atoms with Gasteiger partial charge in [-0.2, -0.15) is 0 Å². The molecule has 1 aromatic rings. The SMILES string of the molecule is COc1cc2c(c(OC)c1O)[C@@H]1CCCC[C@@H]1O2. The first kappa shape index (κ1) is 11.5. The van der Waals surface area contributed by atoms with E-state index in [-0.39, 0.29) is 11.9 Å². The van der Waals surface area contributed by atoms with E-state index in [0.717, 1.165) is 24.2 Å². The van der Waals surface area contributed by atoms with Gasteiger partial charge in [0, 0.05) is 17.5 Å². The quantitative estimate of drug-likeness (QED) is 0.876. The summed E-state index contributed by atoms with van der Waals surface area (Å²) in [4.78, 5) is 0. The zero-order chi connectivity index (χ0) is 12.7. The Kier molecular flexibility index (Phi) is 2.73. The summed E-state index contributed by atoms with van der Waals surface area (Å²) in [5.74, 6) is 2.15. The van der Waals surface area contributed by atoms with Crippen molar-refractivity contribution < 1.29 is 19.3 Å². The van der Waals surface area contributed by atoms with Crippen molar-refractivity contribution in [2.24, 2.45) is 0 Å². The van der Waals surface area contributed by atoms with Gasteiger partial charge in [0.2, 0.25) is 5.75 Å². The minimum Gasteiger partial charge on any atom is -0.502 e. The lowest BCUT2D eigenvalue weighted by molar-refractivity contribution is 0.163. The number of hydrogen-bond donors (Lipinski definition) is 1. The zero-order valence-corrected chi connectivity index (χ0v) is 10.7. The lowest BCUT2D eigenvalue weighted by Gasteiger charge is -2.24. The molecule has 1 N–H and O–H groups in total. The highest BCUT2D eigenvalue weighted by atomic mass is 16.5. The number of rotatable bonds is 2. The third-order valence-electron chi connectivity index (χ3n) is 4.00. The number of benzene rings is 1. The maximum Gasteiger partial charge on any atom is 0.201 e. The number of fused-ring (bicyclic) bond motifs is 3. The maximum atomic E-state index is 10.1. The second kappa shape index (κ2) is 4.26. The first-order valence-electron chi connectivity index (χ1n) is 6.40. The molecule has 0 saturated heterocycles. The van der Waals surface area contributed by atoms with E-state index in [1.54, 1.807) is 13.2 Å². The molecule has 0 radical (unpaired) electrons. The third kappa shape index (κ3) is 1.51. The molecular formula is C14H18O4. The largest absolute Gasteiger partial charge is 0.502 e. The van der Waals surface area contributed by atoms with Crippen LogP contribution in [0.4, 0.5) is 0 Å². The molecule has 1 saturated carbocycles. The number of aromatic hydroxyl groups is 1. The Morgan fingerprint density at radius 1 is 1.22 bits per heavy atom. The van der Waals surface area contributed by atoms with E-state index in [2.05, 4.69) is 0 Å². The number of ether oxygens (including phenoxy) is 3. The molecule has 1 aliphatic heterocycles. The second-order valence-electron chi connectivity index (χ2n) is 4.92. The van der Waals surface area contributed by atoms with E-state index in [4.69, 9.17) is 14.2 Å². The molecule has 1 fully saturated rings. The van der Waals surface area contributed by atoms with Gasteiger partial charge < -0.3 is 19.3 Å². The number of phenolic OH excluding ortho intramolecular Hbond substituents is 1. The average Bonchev–Trinajstić information content (AvgIpc) is 2.76. The summed E-state index contributed by atoms with van der Waals surface area (Å²) < 4.78 is 16.5. The van der Waals surface area contributed by atoms with Crippen LogP contribution in [0.5, 0.6) is 23.0 Å². The highest BCUT2D eigenvalue weighted by Crippen LogP contribution is 2.55. The van der Waals surface area contributed by atoms with Crippen LogP contribution in [0.15, 0.2) is 6.07 Å². The van der Waals surface area contributed by atoms with Crippen LogP contribution < -0.4 is 14.2 Å². The monoisotopic (exact) mass is 250 g/mol. The van der Waals surface area contributed by atoms with Crippen molar-refractivity contribution in [2.45, 2.75) is 37.7 Å². The number of methoxy groups -OCH3 is 2. The molecule has 1 heterocycles. The van der Waals surface area contributed by atoms with Crippen molar-refractivity contribution >= 4 is 0 Å². The Balaban J connectivity index is 2.12. The molecule has 2 atom stereocenters. The van der Waals surface area contributed by atoms with Crippen LogP contribution >= 0.6 is 0 Å². The summed E-state index contributed by atoms with van der Waals surface area (Å²) in [6, 6.07) is 1.77.